The maximum absolute atomic E-state index is 12.2. The summed E-state index contributed by atoms with van der Waals surface area (Å²) in [5.41, 5.74) is 10.3. The van der Waals surface area contributed by atoms with Gasteiger partial charge in [0.05, 0.1) is 24.1 Å². The third-order valence-corrected chi connectivity index (χ3v) is 3.41. The predicted molar refractivity (Wildman–Crippen MR) is 74.4 cm³/mol. The van der Waals surface area contributed by atoms with E-state index in [0.717, 1.165) is 0 Å². The summed E-state index contributed by atoms with van der Waals surface area (Å²) in [5.74, 6) is -1.77. The first-order valence-corrected chi connectivity index (χ1v) is 7.04. The second kappa shape index (κ2) is 6.10. The third-order valence-electron chi connectivity index (χ3n) is 3.41. The molecule has 0 heterocycles. The molecular weight excluding hydrogens is 260 g/mol. The molecule has 116 valence electrons. The smallest absolute Gasteiger partial charge is 0.312 e. The standard InChI is InChI=1S/C14H26N2O4/c1-5-19-11(17)9-6-7-14(15,16)10(8-9)12(18)20-13(2,3)4/h9-10H,5-8,15-16H2,1-4H3. The Bertz CT molecular complexity index is 374. The molecule has 6 heteroatoms. The van der Waals surface area contributed by atoms with Crippen LogP contribution in [0.5, 0.6) is 0 Å². The van der Waals surface area contributed by atoms with E-state index in [9.17, 15) is 9.59 Å². The van der Waals surface area contributed by atoms with E-state index >= 15 is 0 Å². The third kappa shape index (κ3) is 4.45. The van der Waals surface area contributed by atoms with E-state index in [4.69, 9.17) is 20.9 Å². The summed E-state index contributed by atoms with van der Waals surface area (Å²) in [5, 5.41) is 0. The SMILES string of the molecule is CCOC(=O)C1CCC(N)(N)C(C(=O)OC(C)(C)C)C1. The first-order chi connectivity index (χ1) is 9.07. The highest BCUT2D eigenvalue weighted by Crippen LogP contribution is 2.35. The number of rotatable bonds is 3. The zero-order valence-electron chi connectivity index (χ0n) is 12.8. The van der Waals surface area contributed by atoms with Crippen molar-refractivity contribution in [3.8, 4) is 0 Å². The van der Waals surface area contributed by atoms with Crippen LogP contribution in [-0.4, -0.2) is 29.8 Å². The van der Waals surface area contributed by atoms with E-state index in [2.05, 4.69) is 0 Å². The van der Waals surface area contributed by atoms with Crippen LogP contribution in [0.15, 0.2) is 0 Å². The molecule has 1 fully saturated rings. The van der Waals surface area contributed by atoms with Crippen molar-refractivity contribution in [1.82, 2.24) is 0 Å². The summed E-state index contributed by atoms with van der Waals surface area (Å²) in [6.07, 6.45) is 1.20. The lowest BCUT2D eigenvalue weighted by molar-refractivity contribution is -0.166. The molecule has 1 rings (SSSR count). The Labute approximate surface area is 120 Å². The minimum atomic E-state index is -1.13. The van der Waals surface area contributed by atoms with Crippen molar-refractivity contribution in [1.29, 1.82) is 0 Å². The highest BCUT2D eigenvalue weighted by atomic mass is 16.6. The average molecular weight is 286 g/mol. The fourth-order valence-corrected chi connectivity index (χ4v) is 2.38. The quantitative estimate of drug-likeness (QED) is 0.590. The van der Waals surface area contributed by atoms with E-state index in [1.165, 1.54) is 0 Å². The van der Waals surface area contributed by atoms with Crippen molar-refractivity contribution >= 4 is 11.9 Å². The van der Waals surface area contributed by atoms with Crippen LogP contribution in [0, 0.1) is 11.8 Å². The highest BCUT2D eigenvalue weighted by Gasteiger charge is 2.46. The summed E-state index contributed by atoms with van der Waals surface area (Å²) in [4.78, 5) is 24.0. The molecular formula is C14H26N2O4. The number of esters is 2. The predicted octanol–water partition coefficient (Wildman–Crippen LogP) is 0.921. The molecule has 0 aromatic rings. The molecule has 0 amide bonds. The normalized spacial score (nSPS) is 25.9. The van der Waals surface area contributed by atoms with Gasteiger partial charge >= 0.3 is 11.9 Å². The largest absolute Gasteiger partial charge is 0.466 e. The summed E-state index contributed by atoms with van der Waals surface area (Å²) in [6.45, 7) is 7.42. The van der Waals surface area contributed by atoms with Crippen LogP contribution in [0.3, 0.4) is 0 Å². The van der Waals surface area contributed by atoms with Gasteiger partial charge in [-0.2, -0.15) is 0 Å². The Kier molecular flexibility index (Phi) is 5.15. The van der Waals surface area contributed by atoms with Gasteiger partial charge in [-0.15, -0.1) is 0 Å². The van der Waals surface area contributed by atoms with Gasteiger partial charge in [0.1, 0.15) is 5.60 Å². The van der Waals surface area contributed by atoms with E-state index in [1.807, 2.05) is 0 Å². The Morgan fingerprint density at radius 3 is 2.35 bits per heavy atom. The Balaban J connectivity index is 2.79. The van der Waals surface area contributed by atoms with Gasteiger partial charge in [-0.25, -0.2) is 0 Å². The van der Waals surface area contributed by atoms with Crippen molar-refractivity contribution in [2.24, 2.45) is 23.3 Å². The molecule has 0 radical (unpaired) electrons. The second-order valence-electron chi connectivity index (χ2n) is 6.42. The molecule has 0 bridgehead atoms. The van der Waals surface area contributed by atoms with Gasteiger partial charge in [0.2, 0.25) is 0 Å². The number of nitrogens with two attached hydrogens (primary N) is 2. The second-order valence-corrected chi connectivity index (χ2v) is 6.42. The maximum Gasteiger partial charge on any atom is 0.312 e. The van der Waals surface area contributed by atoms with Gasteiger partial charge in [-0.1, -0.05) is 0 Å². The molecule has 0 aliphatic heterocycles. The molecule has 2 atom stereocenters. The molecule has 0 aromatic heterocycles. The first kappa shape index (κ1) is 16.9. The zero-order valence-corrected chi connectivity index (χ0v) is 12.8. The van der Waals surface area contributed by atoms with Crippen LogP contribution in [-0.2, 0) is 19.1 Å². The van der Waals surface area contributed by atoms with E-state index in [0.29, 0.717) is 19.4 Å². The molecule has 1 aliphatic rings. The average Bonchev–Trinajstić information content (AvgIpc) is 2.26. The summed E-state index contributed by atoms with van der Waals surface area (Å²) >= 11 is 0. The fourth-order valence-electron chi connectivity index (χ4n) is 2.38. The van der Waals surface area contributed by atoms with E-state index in [-0.39, 0.29) is 18.3 Å². The van der Waals surface area contributed by atoms with Crippen LogP contribution >= 0.6 is 0 Å². The number of hydrogen-bond acceptors (Lipinski definition) is 6. The molecule has 6 nitrogen and oxygen atoms in total. The van der Waals surface area contributed by atoms with E-state index in [1.54, 1.807) is 27.7 Å². The molecule has 0 aromatic carbocycles. The molecule has 20 heavy (non-hydrogen) atoms. The fraction of sp³-hybridized carbons (Fsp3) is 0.857. The highest BCUT2D eigenvalue weighted by molar-refractivity contribution is 5.78. The van der Waals surface area contributed by atoms with Crippen LogP contribution in [0.25, 0.3) is 0 Å². The number of carbonyl (C=O) groups is 2. The lowest BCUT2D eigenvalue weighted by atomic mass is 9.74. The topological polar surface area (TPSA) is 105 Å². The van der Waals surface area contributed by atoms with Crippen LogP contribution in [0.1, 0.15) is 47.0 Å². The monoisotopic (exact) mass is 286 g/mol. The Hall–Kier alpha value is -1.14. The Morgan fingerprint density at radius 1 is 1.25 bits per heavy atom. The van der Waals surface area contributed by atoms with E-state index < -0.39 is 23.2 Å². The lowest BCUT2D eigenvalue weighted by Gasteiger charge is -2.40. The summed E-state index contributed by atoms with van der Waals surface area (Å²) in [6, 6.07) is 0. The molecule has 4 N–H and O–H groups in total. The van der Waals surface area contributed by atoms with Crippen molar-refractivity contribution in [3.05, 3.63) is 0 Å². The molecule has 1 saturated carbocycles. The molecule has 1 aliphatic carbocycles. The molecule has 2 unspecified atom stereocenters. The van der Waals surface area contributed by atoms with Crippen molar-refractivity contribution in [3.63, 3.8) is 0 Å². The van der Waals surface area contributed by atoms with Crippen molar-refractivity contribution in [2.45, 2.75) is 58.2 Å². The lowest BCUT2D eigenvalue weighted by Crippen LogP contribution is -2.61. The number of carbonyl (C=O) groups excluding carboxylic acids is 2. The molecule has 0 spiro atoms. The van der Waals surface area contributed by atoms with Gasteiger partial charge in [0.25, 0.3) is 0 Å². The van der Waals surface area contributed by atoms with Crippen LogP contribution in [0.2, 0.25) is 0 Å². The minimum Gasteiger partial charge on any atom is -0.466 e. The van der Waals surface area contributed by atoms with Gasteiger partial charge in [0.15, 0.2) is 0 Å². The first-order valence-electron chi connectivity index (χ1n) is 7.04. The number of hydrogen-bond donors (Lipinski definition) is 2. The van der Waals surface area contributed by atoms with Gasteiger partial charge in [-0.05, 0) is 47.0 Å². The summed E-state index contributed by atoms with van der Waals surface area (Å²) < 4.78 is 10.4. The Morgan fingerprint density at radius 2 is 1.85 bits per heavy atom. The summed E-state index contributed by atoms with van der Waals surface area (Å²) in [7, 11) is 0. The maximum atomic E-state index is 12.2. The van der Waals surface area contributed by atoms with Crippen molar-refractivity contribution < 1.29 is 19.1 Å². The van der Waals surface area contributed by atoms with Gasteiger partial charge in [-0.3, -0.25) is 9.59 Å². The van der Waals surface area contributed by atoms with Gasteiger partial charge in [0, 0.05) is 0 Å². The van der Waals surface area contributed by atoms with Crippen molar-refractivity contribution in [2.75, 3.05) is 6.61 Å². The minimum absolute atomic E-state index is 0.279. The zero-order chi connectivity index (χ0) is 15.6. The van der Waals surface area contributed by atoms with Crippen LogP contribution < -0.4 is 11.5 Å². The van der Waals surface area contributed by atoms with Gasteiger partial charge < -0.3 is 20.9 Å². The molecule has 0 saturated heterocycles. The van der Waals surface area contributed by atoms with Crippen LogP contribution in [0.4, 0.5) is 0 Å². The number of ether oxygens (including phenoxy) is 2.